The lowest BCUT2D eigenvalue weighted by atomic mass is 10.2. The number of nitrogens with zero attached hydrogens (tertiary/aromatic N) is 2. The van der Waals surface area contributed by atoms with Crippen molar-refractivity contribution in [2.45, 2.75) is 0 Å². The average molecular weight is 375 g/mol. The lowest BCUT2D eigenvalue weighted by molar-refractivity contribution is -0.127. The highest BCUT2D eigenvalue weighted by molar-refractivity contribution is 8.18. The van der Waals surface area contributed by atoms with Crippen molar-refractivity contribution >= 4 is 51.4 Å². The van der Waals surface area contributed by atoms with Gasteiger partial charge in [-0.15, -0.1) is 11.3 Å². The van der Waals surface area contributed by atoms with Crippen LogP contribution in [0.3, 0.4) is 0 Å². The topological polar surface area (TPSA) is 88.6 Å². The summed E-state index contributed by atoms with van der Waals surface area (Å²) in [6.07, 6.45) is 3.14. The lowest BCUT2D eigenvalue weighted by Gasteiger charge is -2.11. The Balaban J connectivity index is 1.73. The zero-order chi connectivity index (χ0) is 17.8. The van der Waals surface area contributed by atoms with E-state index in [1.807, 2.05) is 6.07 Å². The Kier molecular flexibility index (Phi) is 5.15. The Hall–Kier alpha value is -2.65. The highest BCUT2D eigenvalue weighted by atomic mass is 32.2. The van der Waals surface area contributed by atoms with Gasteiger partial charge in [-0.1, -0.05) is 18.2 Å². The number of thioether (sulfide) groups is 1. The molecule has 1 N–H and O–H groups in total. The number of para-hydroxylation sites is 1. The van der Waals surface area contributed by atoms with Crippen molar-refractivity contribution in [3.63, 3.8) is 0 Å². The summed E-state index contributed by atoms with van der Waals surface area (Å²) < 4.78 is 5.23. The molecule has 3 amide bonds. The second-order valence-corrected chi connectivity index (χ2v) is 6.78. The van der Waals surface area contributed by atoms with E-state index in [-0.39, 0.29) is 11.4 Å². The van der Waals surface area contributed by atoms with Gasteiger partial charge in [0.25, 0.3) is 11.1 Å². The second kappa shape index (κ2) is 7.49. The zero-order valence-corrected chi connectivity index (χ0v) is 14.7. The molecule has 1 saturated heterocycles. The fourth-order valence-electron chi connectivity index (χ4n) is 2.15. The van der Waals surface area contributed by atoms with Crippen LogP contribution in [-0.4, -0.2) is 40.6 Å². The van der Waals surface area contributed by atoms with Gasteiger partial charge in [-0.25, -0.2) is 4.98 Å². The van der Waals surface area contributed by atoms with E-state index in [4.69, 9.17) is 4.74 Å². The van der Waals surface area contributed by atoms with Gasteiger partial charge < -0.3 is 10.1 Å². The van der Waals surface area contributed by atoms with Crippen LogP contribution in [0.25, 0.3) is 6.08 Å². The molecule has 2 heterocycles. The van der Waals surface area contributed by atoms with Gasteiger partial charge in [0.05, 0.1) is 12.0 Å². The number of anilines is 1. The number of imide groups is 1. The molecule has 0 aliphatic carbocycles. The minimum Gasteiger partial charge on any atom is -0.496 e. The highest BCUT2D eigenvalue weighted by Crippen LogP contribution is 2.33. The van der Waals surface area contributed by atoms with Crippen LogP contribution in [0.5, 0.6) is 5.75 Å². The Morgan fingerprint density at radius 2 is 2.16 bits per heavy atom. The molecule has 2 aromatic rings. The first kappa shape index (κ1) is 17.2. The summed E-state index contributed by atoms with van der Waals surface area (Å²) in [5, 5.41) is 4.19. The van der Waals surface area contributed by atoms with Crippen molar-refractivity contribution in [2.24, 2.45) is 0 Å². The Morgan fingerprint density at radius 3 is 2.88 bits per heavy atom. The molecule has 0 spiro atoms. The van der Waals surface area contributed by atoms with Crippen molar-refractivity contribution in [3.8, 4) is 5.75 Å². The van der Waals surface area contributed by atoms with E-state index in [9.17, 15) is 14.4 Å². The van der Waals surface area contributed by atoms with Crippen LogP contribution in [0.15, 0.2) is 40.7 Å². The predicted octanol–water partition coefficient (Wildman–Crippen LogP) is 2.83. The number of rotatable bonds is 5. The van der Waals surface area contributed by atoms with E-state index >= 15 is 0 Å². The molecule has 0 unspecified atom stereocenters. The quantitative estimate of drug-likeness (QED) is 0.809. The molecule has 1 aliphatic rings. The summed E-state index contributed by atoms with van der Waals surface area (Å²) in [4.78, 5) is 41.6. The number of hydrogen-bond acceptors (Lipinski definition) is 7. The maximum absolute atomic E-state index is 12.4. The monoisotopic (exact) mass is 375 g/mol. The fraction of sp³-hybridized carbons (Fsp3) is 0.125. The van der Waals surface area contributed by atoms with Crippen LogP contribution in [-0.2, 0) is 9.59 Å². The molecule has 0 bridgehead atoms. The molecule has 3 rings (SSSR count). The number of amides is 3. The highest BCUT2D eigenvalue weighted by Gasteiger charge is 2.36. The first-order chi connectivity index (χ1) is 12.1. The summed E-state index contributed by atoms with van der Waals surface area (Å²) in [7, 11) is 1.53. The van der Waals surface area contributed by atoms with E-state index in [2.05, 4.69) is 10.3 Å². The lowest BCUT2D eigenvalue weighted by Crippen LogP contribution is -2.36. The minimum absolute atomic E-state index is 0.247. The van der Waals surface area contributed by atoms with E-state index in [0.717, 1.165) is 16.7 Å². The zero-order valence-electron chi connectivity index (χ0n) is 13.1. The second-order valence-electron chi connectivity index (χ2n) is 4.90. The third kappa shape index (κ3) is 3.89. The molecule has 0 atom stereocenters. The molecule has 0 radical (unpaired) electrons. The van der Waals surface area contributed by atoms with E-state index in [1.165, 1.54) is 18.4 Å². The first-order valence-corrected chi connectivity index (χ1v) is 8.86. The minimum atomic E-state index is -0.504. The number of aromatic nitrogens is 1. The van der Waals surface area contributed by atoms with Gasteiger partial charge in [-0.2, -0.15) is 0 Å². The summed E-state index contributed by atoms with van der Waals surface area (Å²) in [5.74, 6) is -0.387. The van der Waals surface area contributed by atoms with Gasteiger partial charge in [0.15, 0.2) is 5.13 Å². The van der Waals surface area contributed by atoms with Gasteiger partial charge in [-0.05, 0) is 23.9 Å². The van der Waals surface area contributed by atoms with Gasteiger partial charge in [0.2, 0.25) is 5.91 Å². The molecule has 0 saturated carbocycles. The predicted molar refractivity (Wildman–Crippen MR) is 96.4 cm³/mol. The molecule has 7 nitrogen and oxygen atoms in total. The maximum Gasteiger partial charge on any atom is 0.294 e. The third-order valence-electron chi connectivity index (χ3n) is 3.28. The summed E-state index contributed by atoms with van der Waals surface area (Å²) >= 11 is 2.05. The number of carbonyl (C=O) groups is 3. The summed E-state index contributed by atoms with van der Waals surface area (Å²) in [6, 6.07) is 7.16. The van der Waals surface area contributed by atoms with Gasteiger partial charge in [0.1, 0.15) is 12.3 Å². The summed E-state index contributed by atoms with van der Waals surface area (Å²) in [6.45, 7) is -0.354. The Morgan fingerprint density at radius 1 is 1.36 bits per heavy atom. The van der Waals surface area contributed by atoms with E-state index in [0.29, 0.717) is 16.4 Å². The number of benzene rings is 1. The smallest absolute Gasteiger partial charge is 0.294 e. The number of hydrogen-bond donors (Lipinski definition) is 1. The van der Waals surface area contributed by atoms with Crippen molar-refractivity contribution < 1.29 is 19.1 Å². The number of methoxy groups -OCH3 is 1. The molecule has 9 heteroatoms. The number of nitrogens with one attached hydrogen (secondary N) is 1. The molecule has 25 heavy (non-hydrogen) atoms. The van der Waals surface area contributed by atoms with Crippen molar-refractivity contribution in [1.82, 2.24) is 9.88 Å². The number of thiazole rings is 1. The molecule has 128 valence electrons. The van der Waals surface area contributed by atoms with Crippen LogP contribution in [0.4, 0.5) is 9.93 Å². The molecule has 1 aromatic heterocycles. The SMILES string of the molecule is COc1ccccc1/C=C1\SC(=O)N(CC(=O)Nc2nccs2)C1=O. The van der Waals surface area contributed by atoms with Gasteiger partial charge in [-0.3, -0.25) is 19.3 Å². The van der Waals surface area contributed by atoms with Crippen LogP contribution in [0.1, 0.15) is 5.56 Å². The molecule has 1 aromatic carbocycles. The largest absolute Gasteiger partial charge is 0.496 e. The van der Waals surface area contributed by atoms with E-state index < -0.39 is 17.1 Å². The van der Waals surface area contributed by atoms with Gasteiger partial charge >= 0.3 is 0 Å². The van der Waals surface area contributed by atoms with Crippen LogP contribution >= 0.6 is 23.1 Å². The van der Waals surface area contributed by atoms with Crippen LogP contribution in [0.2, 0.25) is 0 Å². The first-order valence-electron chi connectivity index (χ1n) is 7.16. The Bertz CT molecular complexity index is 849. The molecule has 1 aliphatic heterocycles. The number of ether oxygens (including phenoxy) is 1. The van der Waals surface area contributed by atoms with Gasteiger partial charge in [0, 0.05) is 17.1 Å². The van der Waals surface area contributed by atoms with Crippen molar-refractivity contribution in [2.75, 3.05) is 19.0 Å². The fourth-order valence-corrected chi connectivity index (χ4v) is 3.53. The van der Waals surface area contributed by atoms with E-state index in [1.54, 1.807) is 35.9 Å². The molecule has 1 fully saturated rings. The van der Waals surface area contributed by atoms with Crippen LogP contribution < -0.4 is 10.1 Å². The van der Waals surface area contributed by atoms with Crippen molar-refractivity contribution in [1.29, 1.82) is 0 Å². The maximum atomic E-state index is 12.4. The molecular weight excluding hydrogens is 362 g/mol. The normalized spacial score (nSPS) is 15.7. The number of carbonyl (C=O) groups excluding carboxylic acids is 3. The van der Waals surface area contributed by atoms with Crippen LogP contribution in [0, 0.1) is 0 Å². The Labute approximate surface area is 151 Å². The standard InChI is InChI=1S/C16H13N3O4S2/c1-23-11-5-3-2-4-10(11)8-12-14(21)19(16(22)25-12)9-13(20)18-15-17-6-7-24-15/h2-8H,9H2,1H3,(H,17,18,20)/b12-8-. The molecular formula is C16H13N3O4S2. The summed E-state index contributed by atoms with van der Waals surface area (Å²) in [5.41, 5.74) is 0.683. The third-order valence-corrected chi connectivity index (χ3v) is 4.88. The average Bonchev–Trinajstić information content (AvgIpc) is 3.19. The van der Waals surface area contributed by atoms with Crippen molar-refractivity contribution in [3.05, 3.63) is 46.3 Å².